The molecule has 27 heavy (non-hydrogen) atoms. The predicted octanol–water partition coefficient (Wildman–Crippen LogP) is 3.07. The van der Waals surface area contributed by atoms with Crippen LogP contribution in [0.1, 0.15) is 25.5 Å². The van der Waals surface area contributed by atoms with Gasteiger partial charge in [-0.1, -0.05) is 18.2 Å². The van der Waals surface area contributed by atoms with Crippen molar-refractivity contribution >= 4 is 29.9 Å². The van der Waals surface area contributed by atoms with Crippen LogP contribution < -0.4 is 5.32 Å². The van der Waals surface area contributed by atoms with Gasteiger partial charge in [-0.25, -0.2) is 9.67 Å². The van der Waals surface area contributed by atoms with Crippen LogP contribution >= 0.6 is 24.0 Å². The Kier molecular flexibility index (Phi) is 6.75. The fourth-order valence-corrected chi connectivity index (χ4v) is 3.84. The second-order valence-electron chi connectivity index (χ2n) is 7.23. The zero-order valence-electron chi connectivity index (χ0n) is 15.8. The topological polar surface area (TPSA) is 54.7 Å². The van der Waals surface area contributed by atoms with E-state index in [1.165, 1.54) is 12.8 Å². The lowest BCUT2D eigenvalue weighted by Crippen LogP contribution is -2.41. The fourth-order valence-electron chi connectivity index (χ4n) is 3.84. The lowest BCUT2D eigenvalue weighted by Gasteiger charge is -2.24. The number of likely N-dealkylation sites (tertiary alicyclic amines) is 1. The van der Waals surface area contributed by atoms with Crippen molar-refractivity contribution in [2.24, 2.45) is 10.4 Å². The summed E-state index contributed by atoms with van der Waals surface area (Å²) in [5, 5.41) is 8.09. The van der Waals surface area contributed by atoms with Gasteiger partial charge in [0.05, 0.1) is 24.5 Å². The highest BCUT2D eigenvalue weighted by Gasteiger charge is 2.42. The third-order valence-electron chi connectivity index (χ3n) is 5.31. The van der Waals surface area contributed by atoms with Crippen molar-refractivity contribution in [3.8, 4) is 5.69 Å². The van der Waals surface area contributed by atoms with Crippen molar-refractivity contribution in [1.82, 2.24) is 20.0 Å². The standard InChI is InChI=1S/C20H27N5O.HI/c1-2-21-19(24-12-9-20(15-24)10-13-26-16-20)22-14-17-8-11-25(23-17)18-6-4-3-5-7-18;/h3-8,11H,2,9-10,12-16H2,1H3,(H,21,22);1H. The minimum absolute atomic E-state index is 0. The molecule has 1 N–H and O–H groups in total. The van der Waals surface area contributed by atoms with Crippen molar-refractivity contribution in [3.63, 3.8) is 0 Å². The van der Waals surface area contributed by atoms with Gasteiger partial charge in [0.15, 0.2) is 5.96 Å². The van der Waals surface area contributed by atoms with Gasteiger partial charge < -0.3 is 15.0 Å². The largest absolute Gasteiger partial charge is 0.381 e. The Morgan fingerprint density at radius 1 is 1.26 bits per heavy atom. The van der Waals surface area contributed by atoms with Crippen LogP contribution in [0.3, 0.4) is 0 Å². The Morgan fingerprint density at radius 3 is 2.85 bits per heavy atom. The number of halogens is 1. The Morgan fingerprint density at radius 2 is 2.11 bits per heavy atom. The Bertz CT molecular complexity index is 755. The third-order valence-corrected chi connectivity index (χ3v) is 5.31. The molecule has 2 fully saturated rings. The lowest BCUT2D eigenvalue weighted by atomic mass is 9.87. The smallest absolute Gasteiger partial charge is 0.194 e. The van der Waals surface area contributed by atoms with E-state index in [1.54, 1.807) is 0 Å². The van der Waals surface area contributed by atoms with E-state index in [0.29, 0.717) is 12.0 Å². The maximum atomic E-state index is 5.64. The van der Waals surface area contributed by atoms with E-state index in [2.05, 4.69) is 34.4 Å². The van der Waals surface area contributed by atoms with Gasteiger partial charge in [-0.05, 0) is 38.0 Å². The number of para-hydroxylation sites is 1. The minimum Gasteiger partial charge on any atom is -0.381 e. The fraction of sp³-hybridized carbons (Fsp3) is 0.500. The molecule has 0 amide bonds. The van der Waals surface area contributed by atoms with E-state index in [0.717, 1.165) is 50.2 Å². The van der Waals surface area contributed by atoms with Crippen LogP contribution in [0, 0.1) is 5.41 Å². The number of nitrogens with zero attached hydrogens (tertiary/aromatic N) is 4. The second-order valence-corrected chi connectivity index (χ2v) is 7.23. The van der Waals surface area contributed by atoms with Crippen molar-refractivity contribution in [3.05, 3.63) is 48.3 Å². The molecule has 1 atom stereocenters. The first-order valence-electron chi connectivity index (χ1n) is 9.49. The second kappa shape index (κ2) is 9.05. The summed E-state index contributed by atoms with van der Waals surface area (Å²) in [6, 6.07) is 12.2. The maximum absolute atomic E-state index is 5.64. The van der Waals surface area contributed by atoms with E-state index in [9.17, 15) is 0 Å². The van der Waals surface area contributed by atoms with Crippen LogP contribution in [-0.4, -0.2) is 53.5 Å². The molecule has 1 unspecified atom stereocenters. The van der Waals surface area contributed by atoms with E-state index in [-0.39, 0.29) is 24.0 Å². The molecule has 2 saturated heterocycles. The molecular weight excluding hydrogens is 453 g/mol. The Hall–Kier alpha value is -1.61. The van der Waals surface area contributed by atoms with Crippen LogP contribution in [0.15, 0.2) is 47.6 Å². The molecule has 1 aromatic heterocycles. The summed E-state index contributed by atoms with van der Waals surface area (Å²) in [6.07, 6.45) is 4.36. The number of hydrogen-bond donors (Lipinski definition) is 1. The summed E-state index contributed by atoms with van der Waals surface area (Å²) in [4.78, 5) is 7.22. The lowest BCUT2D eigenvalue weighted by molar-refractivity contribution is 0.156. The molecule has 1 aromatic carbocycles. The summed E-state index contributed by atoms with van der Waals surface area (Å²) in [7, 11) is 0. The predicted molar refractivity (Wildman–Crippen MR) is 118 cm³/mol. The van der Waals surface area contributed by atoms with Crippen LogP contribution in [0.4, 0.5) is 0 Å². The van der Waals surface area contributed by atoms with E-state index < -0.39 is 0 Å². The number of guanidine groups is 1. The van der Waals surface area contributed by atoms with E-state index >= 15 is 0 Å². The monoisotopic (exact) mass is 481 g/mol. The molecule has 0 bridgehead atoms. The third kappa shape index (κ3) is 4.63. The molecule has 2 aliphatic heterocycles. The highest BCUT2D eigenvalue weighted by atomic mass is 127. The summed E-state index contributed by atoms with van der Waals surface area (Å²) in [6.45, 7) is 7.46. The number of ether oxygens (including phenoxy) is 1. The molecular formula is C20H28IN5O. The number of aromatic nitrogens is 2. The average Bonchev–Trinajstić information content (AvgIpc) is 3.42. The summed E-state index contributed by atoms with van der Waals surface area (Å²) in [5.74, 6) is 0.991. The summed E-state index contributed by atoms with van der Waals surface area (Å²) < 4.78 is 7.55. The van der Waals surface area contributed by atoms with Crippen LogP contribution in [-0.2, 0) is 11.3 Å². The molecule has 3 heterocycles. The van der Waals surface area contributed by atoms with E-state index in [1.807, 2.05) is 35.1 Å². The number of benzene rings is 1. The van der Waals surface area contributed by atoms with Crippen LogP contribution in [0.25, 0.3) is 5.69 Å². The summed E-state index contributed by atoms with van der Waals surface area (Å²) in [5.41, 5.74) is 2.38. The van der Waals surface area contributed by atoms with Crippen molar-refractivity contribution in [2.45, 2.75) is 26.3 Å². The van der Waals surface area contributed by atoms with E-state index in [4.69, 9.17) is 9.73 Å². The highest BCUT2D eigenvalue weighted by molar-refractivity contribution is 14.0. The Labute approximate surface area is 178 Å². The molecule has 1 spiro atoms. The van der Waals surface area contributed by atoms with Gasteiger partial charge in [-0.15, -0.1) is 24.0 Å². The number of hydrogen-bond acceptors (Lipinski definition) is 3. The quantitative estimate of drug-likeness (QED) is 0.415. The van der Waals surface area contributed by atoms with Gasteiger partial charge in [-0.3, -0.25) is 0 Å². The van der Waals surface area contributed by atoms with Crippen molar-refractivity contribution in [2.75, 3.05) is 32.8 Å². The van der Waals surface area contributed by atoms with Gasteiger partial charge in [0.2, 0.25) is 0 Å². The molecule has 0 aliphatic carbocycles. The minimum atomic E-state index is 0. The van der Waals surface area contributed by atoms with Gasteiger partial charge >= 0.3 is 0 Å². The van der Waals surface area contributed by atoms with Crippen molar-refractivity contribution in [1.29, 1.82) is 0 Å². The molecule has 7 heteroatoms. The van der Waals surface area contributed by atoms with Crippen molar-refractivity contribution < 1.29 is 4.74 Å². The first-order chi connectivity index (χ1) is 12.8. The van der Waals surface area contributed by atoms with Crippen LogP contribution in [0.5, 0.6) is 0 Å². The molecule has 2 aliphatic rings. The molecule has 146 valence electrons. The highest BCUT2D eigenvalue weighted by Crippen LogP contribution is 2.38. The number of aliphatic imine (C=N–C) groups is 1. The summed E-state index contributed by atoms with van der Waals surface area (Å²) >= 11 is 0. The van der Waals surface area contributed by atoms with Crippen LogP contribution in [0.2, 0.25) is 0 Å². The number of nitrogens with one attached hydrogen (secondary N) is 1. The first-order valence-corrected chi connectivity index (χ1v) is 9.49. The molecule has 4 rings (SSSR count). The Balaban J connectivity index is 0.00000210. The zero-order chi connectivity index (χ0) is 17.8. The van der Waals surface area contributed by atoms with Gasteiger partial charge in [0.25, 0.3) is 0 Å². The molecule has 2 aromatic rings. The normalized spacial score (nSPS) is 22.3. The molecule has 0 radical (unpaired) electrons. The SMILES string of the molecule is CCNC(=NCc1ccn(-c2ccccc2)n1)N1CCC2(CCOC2)C1.I. The number of rotatable bonds is 4. The maximum Gasteiger partial charge on any atom is 0.194 e. The average molecular weight is 481 g/mol. The van der Waals surface area contributed by atoms with Gasteiger partial charge in [-0.2, -0.15) is 5.10 Å². The molecule has 0 saturated carbocycles. The zero-order valence-corrected chi connectivity index (χ0v) is 18.1. The van der Waals surface area contributed by atoms with Gasteiger partial charge in [0, 0.05) is 37.9 Å². The first kappa shape index (κ1) is 20.1. The molecule has 6 nitrogen and oxygen atoms in total. The van der Waals surface area contributed by atoms with Gasteiger partial charge in [0.1, 0.15) is 0 Å².